The predicted octanol–water partition coefficient (Wildman–Crippen LogP) is 9.80. The number of benzene rings is 2. The van der Waals surface area contributed by atoms with Crippen molar-refractivity contribution in [1.29, 1.82) is 0 Å². The second-order valence-electron chi connectivity index (χ2n) is 8.55. The van der Waals surface area contributed by atoms with Gasteiger partial charge in [-0.3, -0.25) is 0 Å². The van der Waals surface area contributed by atoms with Crippen LogP contribution in [-0.2, 0) is 30.8 Å². The van der Waals surface area contributed by atoms with Gasteiger partial charge < -0.3 is 0 Å². The quantitative estimate of drug-likeness (QED) is 0.172. The molecule has 0 aliphatic heterocycles. The van der Waals surface area contributed by atoms with Gasteiger partial charge in [-0.2, -0.15) is 24.3 Å². The second-order valence-corrected chi connectivity index (χ2v) is 31.5. The van der Waals surface area contributed by atoms with Crippen molar-refractivity contribution in [2.45, 2.75) is 66.5 Å². The summed E-state index contributed by atoms with van der Waals surface area (Å²) in [5, 5.41) is 5.74. The van der Waals surface area contributed by atoms with Crippen molar-refractivity contribution in [2.24, 2.45) is 0 Å². The molecule has 0 aromatic heterocycles. The topological polar surface area (TPSA) is 0 Å². The van der Waals surface area contributed by atoms with Crippen molar-refractivity contribution in [1.82, 2.24) is 0 Å². The summed E-state index contributed by atoms with van der Waals surface area (Å²) >= 11 is -1.65. The molecule has 0 atom stereocenters. The molecule has 0 N–H and O–H groups in total. The molecular weight excluding hydrogens is 527 g/mol. The summed E-state index contributed by atoms with van der Waals surface area (Å²) in [6.45, 7) is 13.2. The summed E-state index contributed by atoms with van der Waals surface area (Å²) < 4.78 is 0. The molecule has 0 radical (unpaired) electrons. The van der Waals surface area contributed by atoms with Gasteiger partial charge in [-0.05, 0) is 12.8 Å². The molecule has 4 aromatic rings. The van der Waals surface area contributed by atoms with Crippen LogP contribution in [-0.4, -0.2) is 5.43 Å². The normalized spacial score (nSPS) is 10.4. The second kappa shape index (κ2) is 13.9. The number of hydrogen-bond donors (Lipinski definition) is 0. The maximum atomic E-state index is 5.62. The zero-order valence-electron chi connectivity index (χ0n) is 20.4. The Bertz CT molecular complexity index is 1070. The average molecular weight is 563 g/mol. The Balaban J connectivity index is 0.000000183. The van der Waals surface area contributed by atoms with Crippen LogP contribution in [0.5, 0.6) is 0 Å². The van der Waals surface area contributed by atoms with Crippen LogP contribution >= 0.6 is 17.0 Å². The third-order valence-electron chi connectivity index (χ3n) is 5.66. The predicted molar refractivity (Wildman–Crippen MR) is 146 cm³/mol. The van der Waals surface area contributed by atoms with E-state index in [1.165, 1.54) is 69.5 Å². The molecule has 0 amide bonds. The van der Waals surface area contributed by atoms with Gasteiger partial charge in [-0.1, -0.05) is 63.8 Å². The summed E-state index contributed by atoms with van der Waals surface area (Å²) in [5.41, 5.74) is 5.54. The third kappa shape index (κ3) is 7.69. The Morgan fingerprint density at radius 1 is 0.719 bits per heavy atom. The van der Waals surface area contributed by atoms with Gasteiger partial charge in [0.1, 0.15) is 0 Å². The van der Waals surface area contributed by atoms with Crippen molar-refractivity contribution in [2.75, 3.05) is 0 Å². The molecule has 0 saturated heterocycles. The van der Waals surface area contributed by atoms with E-state index >= 15 is 0 Å². The Morgan fingerprint density at radius 3 is 1.41 bits per heavy atom. The van der Waals surface area contributed by atoms with Crippen molar-refractivity contribution in [3.8, 4) is 0 Å². The molecule has 4 heteroatoms. The van der Waals surface area contributed by atoms with Crippen LogP contribution in [0, 0.1) is 13.8 Å². The van der Waals surface area contributed by atoms with E-state index in [0.717, 1.165) is 0 Å². The molecule has 4 aromatic carbocycles. The molecule has 32 heavy (non-hydrogen) atoms. The molecule has 0 nitrogen and oxygen atoms in total. The molecule has 0 aliphatic carbocycles. The van der Waals surface area contributed by atoms with Crippen molar-refractivity contribution < 1.29 is 18.0 Å². The van der Waals surface area contributed by atoms with E-state index in [9.17, 15) is 0 Å². The fourth-order valence-corrected chi connectivity index (χ4v) is 3.87. The van der Waals surface area contributed by atoms with Gasteiger partial charge >= 0.3 is 53.5 Å². The monoisotopic (exact) mass is 560 g/mol. The fourth-order valence-electron chi connectivity index (χ4n) is 3.87. The Hall–Kier alpha value is -0.660. The van der Waals surface area contributed by atoms with Gasteiger partial charge in [-0.25, -0.2) is 0 Å². The van der Waals surface area contributed by atoms with Gasteiger partial charge in [0.2, 0.25) is 0 Å². The molecule has 172 valence electrons. The molecule has 0 unspecified atom stereocenters. The first-order valence-electron chi connectivity index (χ1n) is 11.6. The fraction of sp³-hybridized carbons (Fsp3) is 0.357. The van der Waals surface area contributed by atoms with Crippen LogP contribution < -0.4 is 0 Å². The minimum absolute atomic E-state index is 0.224. The molecule has 4 rings (SSSR count). The van der Waals surface area contributed by atoms with Crippen LogP contribution in [0.25, 0.3) is 21.5 Å². The SMILES string of the molecule is CCCc1ccc(C)c2[cH-]ccc12.CCCc1ccc(C)c2[cH-]ccc12.C[Si](C)=[Zr]([Cl])[Cl]. The minimum atomic E-state index is -1.65. The zero-order chi connectivity index (χ0) is 23.7. The van der Waals surface area contributed by atoms with Gasteiger partial charge in [0.15, 0.2) is 0 Å². The first-order valence-corrected chi connectivity index (χ1v) is 24.1. The molecule has 0 aliphatic rings. The number of aryl methyl sites for hydroxylation is 4. The van der Waals surface area contributed by atoms with Gasteiger partial charge in [0.25, 0.3) is 0 Å². The van der Waals surface area contributed by atoms with Crippen molar-refractivity contribution in [3.05, 3.63) is 82.9 Å². The van der Waals surface area contributed by atoms with E-state index in [0.29, 0.717) is 0 Å². The third-order valence-corrected chi connectivity index (χ3v) is 25.4. The van der Waals surface area contributed by atoms with E-state index in [4.69, 9.17) is 17.0 Å². The van der Waals surface area contributed by atoms with Crippen LogP contribution in [0.1, 0.15) is 48.9 Å². The summed E-state index contributed by atoms with van der Waals surface area (Å²) in [5.74, 6) is 0. The molecule has 0 fully saturated rings. The van der Waals surface area contributed by atoms with E-state index < -0.39 is 18.0 Å². The van der Waals surface area contributed by atoms with E-state index in [2.05, 4.69) is 101 Å². The maximum absolute atomic E-state index is 5.62. The first-order chi connectivity index (χ1) is 15.3. The van der Waals surface area contributed by atoms with Gasteiger partial charge in [0, 0.05) is 0 Å². The Morgan fingerprint density at radius 2 is 1.09 bits per heavy atom. The average Bonchev–Trinajstić information content (AvgIpc) is 3.44. The number of rotatable bonds is 4. The summed E-state index contributed by atoms with van der Waals surface area (Å²) in [4.78, 5) is 0. The number of halogens is 2. The van der Waals surface area contributed by atoms with E-state index in [1.807, 2.05) is 0 Å². The summed E-state index contributed by atoms with van der Waals surface area (Å²) in [6.07, 6.45) is 4.84. The van der Waals surface area contributed by atoms with Crippen molar-refractivity contribution in [3.63, 3.8) is 0 Å². The van der Waals surface area contributed by atoms with Gasteiger partial charge in [0.05, 0.1) is 0 Å². The standard InChI is InChI=1S/2C13H15.C2H6Si.2ClH.Zr/c2*1-3-5-11-9-8-10(2)12-6-4-7-13(11)12;1-3-2;;;/h2*4,6-9H,3,5H2,1-2H3;1-2H3;2*1H;/q2*-1;;;;+2/p-2. The van der Waals surface area contributed by atoms with Crippen molar-refractivity contribution >= 4 is 44.0 Å². The Labute approximate surface area is 210 Å². The van der Waals surface area contributed by atoms with Crippen LogP contribution in [0.3, 0.4) is 0 Å². The number of hydrogen-bond acceptors (Lipinski definition) is 0. The summed E-state index contributed by atoms with van der Waals surface area (Å²) in [7, 11) is 11.2. The molecule has 0 bridgehead atoms. The molecule has 0 heterocycles. The van der Waals surface area contributed by atoms with Gasteiger partial charge in [-0.15, -0.1) is 56.9 Å². The van der Waals surface area contributed by atoms with Crippen LogP contribution in [0.4, 0.5) is 0 Å². The van der Waals surface area contributed by atoms with Crippen LogP contribution in [0.2, 0.25) is 13.1 Å². The summed E-state index contributed by atoms with van der Waals surface area (Å²) in [6, 6.07) is 22.2. The Kier molecular flexibility index (Phi) is 12.0. The van der Waals surface area contributed by atoms with E-state index in [-0.39, 0.29) is 5.43 Å². The zero-order valence-corrected chi connectivity index (χ0v) is 25.3. The molecular formula is C28H36Cl2SiZr-2. The molecule has 0 saturated carbocycles. The molecule has 0 spiro atoms. The van der Waals surface area contributed by atoms with Crippen LogP contribution in [0.15, 0.2) is 60.7 Å². The first kappa shape index (κ1) is 27.6. The number of fused-ring (bicyclic) bond motifs is 2. The van der Waals surface area contributed by atoms with E-state index in [1.54, 1.807) is 0 Å².